The van der Waals surface area contributed by atoms with Crippen molar-refractivity contribution in [1.82, 2.24) is 16.3 Å². The second-order valence-corrected chi connectivity index (χ2v) is 8.81. The van der Waals surface area contributed by atoms with Crippen LogP contribution in [0.15, 0.2) is 62.5 Å². The van der Waals surface area contributed by atoms with E-state index in [-0.39, 0.29) is 22.9 Å². The maximum atomic E-state index is 12.8. The minimum Gasteiger partial charge on any atom is -0.455 e. The van der Waals surface area contributed by atoms with Gasteiger partial charge in [-0.2, -0.15) is 5.10 Å². The van der Waals surface area contributed by atoms with Gasteiger partial charge in [0.1, 0.15) is 11.3 Å². The number of hydrogen-bond acceptors (Lipinski definition) is 7. The lowest BCUT2D eigenvalue weighted by atomic mass is 9.93. The van der Waals surface area contributed by atoms with Crippen molar-refractivity contribution in [2.75, 3.05) is 0 Å². The summed E-state index contributed by atoms with van der Waals surface area (Å²) in [7, 11) is 0. The Labute approximate surface area is 213 Å². The molecule has 11 nitrogen and oxygen atoms in total. The van der Waals surface area contributed by atoms with E-state index in [1.807, 2.05) is 0 Å². The number of nitrogens with zero attached hydrogens (tertiary/aromatic N) is 2. The van der Waals surface area contributed by atoms with E-state index < -0.39 is 16.7 Å². The summed E-state index contributed by atoms with van der Waals surface area (Å²) in [5.41, 5.74) is 8.52. The number of furan rings is 1. The molecule has 1 aromatic heterocycles. The van der Waals surface area contributed by atoms with Crippen molar-refractivity contribution in [1.29, 1.82) is 0 Å². The molecule has 0 aliphatic heterocycles. The lowest BCUT2D eigenvalue weighted by molar-refractivity contribution is -0.385. The van der Waals surface area contributed by atoms with Gasteiger partial charge in [0.15, 0.2) is 5.76 Å². The number of fused-ring (bicyclic) bond motifs is 1. The summed E-state index contributed by atoms with van der Waals surface area (Å²) in [6.45, 7) is 1.68. The molecule has 0 spiro atoms. The minimum absolute atomic E-state index is 0.0308. The Balaban J connectivity index is 1.49. The number of hydrogen-bond donors (Lipinski definition) is 3. The summed E-state index contributed by atoms with van der Waals surface area (Å²) < 4.78 is 6.61. The summed E-state index contributed by atoms with van der Waals surface area (Å²) >= 11 is 3.32. The first-order valence-corrected chi connectivity index (χ1v) is 11.6. The van der Waals surface area contributed by atoms with E-state index >= 15 is 0 Å². The second-order valence-electron chi connectivity index (χ2n) is 7.90. The fraction of sp³-hybridized carbons (Fsp3) is 0.167. The van der Waals surface area contributed by atoms with E-state index in [4.69, 9.17) is 4.42 Å². The number of amides is 3. The Morgan fingerprint density at radius 3 is 2.42 bits per heavy atom. The summed E-state index contributed by atoms with van der Waals surface area (Å²) in [5.74, 6) is -1.43. The normalized spacial score (nSPS) is 13.6. The van der Waals surface area contributed by atoms with Crippen molar-refractivity contribution in [3.05, 3.63) is 96.9 Å². The molecule has 0 saturated heterocycles. The fourth-order valence-corrected chi connectivity index (χ4v) is 4.11. The maximum absolute atomic E-state index is 12.8. The largest absolute Gasteiger partial charge is 0.455 e. The van der Waals surface area contributed by atoms with Crippen LogP contribution >= 0.6 is 15.9 Å². The van der Waals surface area contributed by atoms with Crippen LogP contribution in [-0.4, -0.2) is 28.4 Å². The standard InChI is InChI=1S/C24H20BrN5O6/c1-13-20-17(26-27-22(31)14-9-11-15(25)12-10-14)6-4-8-19(20)36-21(13)24(33)29-28-23(32)16-5-2-3-7-18(16)30(34)35/h2-3,5,7,9-12H,4,6,8H2,1H3,(H,27,31)(H,28,32)(H,29,33)/b26-17+. The molecule has 2 aromatic carbocycles. The lowest BCUT2D eigenvalue weighted by Crippen LogP contribution is -2.42. The van der Waals surface area contributed by atoms with Gasteiger partial charge in [0.05, 0.1) is 10.6 Å². The van der Waals surface area contributed by atoms with Gasteiger partial charge in [-0.3, -0.25) is 35.3 Å². The minimum atomic E-state index is -0.845. The van der Waals surface area contributed by atoms with Crippen molar-refractivity contribution < 1.29 is 23.7 Å². The van der Waals surface area contributed by atoms with Gasteiger partial charge < -0.3 is 4.42 Å². The van der Waals surface area contributed by atoms with Gasteiger partial charge in [0.25, 0.3) is 17.5 Å². The van der Waals surface area contributed by atoms with E-state index in [2.05, 4.69) is 37.3 Å². The summed E-state index contributed by atoms with van der Waals surface area (Å²) in [5, 5.41) is 15.4. The predicted molar refractivity (Wildman–Crippen MR) is 133 cm³/mol. The molecule has 0 bridgehead atoms. The van der Waals surface area contributed by atoms with Crippen molar-refractivity contribution in [2.24, 2.45) is 5.10 Å². The molecule has 3 aromatic rings. The number of hydrazone groups is 1. The molecule has 36 heavy (non-hydrogen) atoms. The summed E-state index contributed by atoms with van der Waals surface area (Å²) in [6, 6.07) is 12.2. The number of aryl methyl sites for hydroxylation is 1. The van der Waals surface area contributed by atoms with E-state index in [0.29, 0.717) is 47.4 Å². The highest BCUT2D eigenvalue weighted by Crippen LogP contribution is 2.30. The van der Waals surface area contributed by atoms with Crippen molar-refractivity contribution >= 4 is 45.1 Å². The third-order valence-corrected chi connectivity index (χ3v) is 6.09. The number of benzene rings is 2. The van der Waals surface area contributed by atoms with Crippen molar-refractivity contribution in [3.63, 3.8) is 0 Å². The average molecular weight is 554 g/mol. The zero-order valence-corrected chi connectivity index (χ0v) is 20.5. The molecule has 12 heteroatoms. The predicted octanol–water partition coefficient (Wildman–Crippen LogP) is 3.80. The second kappa shape index (κ2) is 10.5. The Morgan fingerprint density at radius 1 is 1.00 bits per heavy atom. The molecule has 1 heterocycles. The van der Waals surface area contributed by atoms with Crippen LogP contribution in [-0.2, 0) is 6.42 Å². The monoisotopic (exact) mass is 553 g/mol. The van der Waals surface area contributed by atoms with Crippen LogP contribution in [0.3, 0.4) is 0 Å². The van der Waals surface area contributed by atoms with Gasteiger partial charge >= 0.3 is 5.91 Å². The van der Waals surface area contributed by atoms with Gasteiger partial charge in [-0.1, -0.05) is 28.1 Å². The zero-order chi connectivity index (χ0) is 25.8. The van der Waals surface area contributed by atoms with Gasteiger partial charge in [-0.15, -0.1) is 0 Å². The van der Waals surface area contributed by atoms with Crippen molar-refractivity contribution in [3.8, 4) is 0 Å². The first-order chi connectivity index (χ1) is 17.3. The van der Waals surface area contributed by atoms with Gasteiger partial charge in [-0.05, 0) is 50.1 Å². The van der Waals surface area contributed by atoms with Crippen LogP contribution in [0, 0.1) is 17.0 Å². The molecule has 0 fully saturated rings. The molecular weight excluding hydrogens is 534 g/mol. The summed E-state index contributed by atoms with van der Waals surface area (Å²) in [4.78, 5) is 48.1. The van der Waals surface area contributed by atoms with E-state index in [1.54, 1.807) is 31.2 Å². The quantitative estimate of drug-likeness (QED) is 0.322. The van der Waals surface area contributed by atoms with Crippen LogP contribution in [0.4, 0.5) is 5.69 Å². The average Bonchev–Trinajstić information content (AvgIpc) is 3.23. The molecular formula is C24H20BrN5O6. The Bertz CT molecular complexity index is 1400. The molecule has 0 saturated carbocycles. The smallest absolute Gasteiger partial charge is 0.305 e. The molecule has 1 aliphatic carbocycles. The van der Waals surface area contributed by atoms with E-state index in [9.17, 15) is 24.5 Å². The number of para-hydroxylation sites is 1. The highest BCUT2D eigenvalue weighted by Gasteiger charge is 2.29. The number of carbonyl (C=O) groups excluding carboxylic acids is 3. The molecule has 0 atom stereocenters. The molecule has 1 aliphatic rings. The number of nitro benzene ring substituents is 1. The topological polar surface area (TPSA) is 156 Å². The third-order valence-electron chi connectivity index (χ3n) is 5.57. The first kappa shape index (κ1) is 24.8. The van der Waals surface area contributed by atoms with E-state index in [0.717, 1.165) is 4.47 Å². The number of carbonyl (C=O) groups is 3. The summed E-state index contributed by atoms with van der Waals surface area (Å²) in [6.07, 6.45) is 1.86. The lowest BCUT2D eigenvalue weighted by Gasteiger charge is -2.13. The SMILES string of the molecule is Cc1c(C(=O)NNC(=O)c2ccccc2[N+](=O)[O-])oc2c1/C(=N/NC(=O)c1ccc(Br)cc1)CCC2. The molecule has 3 amide bonds. The third kappa shape index (κ3) is 5.18. The van der Waals surface area contributed by atoms with Gasteiger partial charge in [0, 0.05) is 33.7 Å². The molecule has 0 radical (unpaired) electrons. The Hall–Kier alpha value is -4.32. The van der Waals surface area contributed by atoms with Crippen LogP contribution in [0.2, 0.25) is 0 Å². The van der Waals surface area contributed by atoms with Crippen LogP contribution in [0.5, 0.6) is 0 Å². The Kier molecular flexibility index (Phi) is 7.25. The maximum Gasteiger partial charge on any atom is 0.305 e. The number of halogens is 1. The highest BCUT2D eigenvalue weighted by molar-refractivity contribution is 9.10. The fourth-order valence-electron chi connectivity index (χ4n) is 3.84. The van der Waals surface area contributed by atoms with Crippen LogP contribution in [0.25, 0.3) is 0 Å². The zero-order valence-electron chi connectivity index (χ0n) is 19.0. The number of nitro groups is 1. The molecule has 3 N–H and O–H groups in total. The molecule has 184 valence electrons. The first-order valence-electron chi connectivity index (χ1n) is 10.9. The van der Waals surface area contributed by atoms with Gasteiger partial charge in [0.2, 0.25) is 0 Å². The molecule has 4 rings (SSSR count). The van der Waals surface area contributed by atoms with Crippen LogP contribution in [0.1, 0.15) is 61.0 Å². The van der Waals surface area contributed by atoms with Crippen molar-refractivity contribution in [2.45, 2.75) is 26.2 Å². The Morgan fingerprint density at radius 2 is 1.69 bits per heavy atom. The van der Waals surface area contributed by atoms with Gasteiger partial charge in [-0.25, -0.2) is 5.43 Å². The number of rotatable bonds is 5. The number of hydrazine groups is 1. The van der Waals surface area contributed by atoms with E-state index in [1.165, 1.54) is 24.3 Å². The highest BCUT2D eigenvalue weighted by atomic mass is 79.9. The number of nitrogens with one attached hydrogen (secondary N) is 3. The van der Waals surface area contributed by atoms with Crippen LogP contribution < -0.4 is 16.3 Å². The molecule has 0 unspecified atom stereocenters.